The van der Waals surface area contributed by atoms with Gasteiger partial charge in [-0.1, -0.05) is 15.9 Å². The first-order valence-corrected chi connectivity index (χ1v) is 4.48. The molecule has 0 aromatic carbocycles. The Kier molecular flexibility index (Phi) is 3.39. The molecule has 0 radical (unpaired) electrons. The van der Waals surface area contributed by atoms with E-state index in [0.29, 0.717) is 5.56 Å². The molecule has 70 valence electrons. The van der Waals surface area contributed by atoms with Gasteiger partial charge in [0.25, 0.3) is 0 Å². The third-order valence-electron chi connectivity index (χ3n) is 1.51. The van der Waals surface area contributed by atoms with E-state index in [0.717, 1.165) is 5.56 Å². The zero-order valence-electron chi connectivity index (χ0n) is 7.03. The summed E-state index contributed by atoms with van der Waals surface area (Å²) in [6.07, 6.45) is 3.02. The normalized spacial score (nSPS) is 12.5. The number of halogens is 1. The number of alkyl halides is 1. The predicted molar refractivity (Wildman–Crippen MR) is 51.4 cm³/mol. The number of nitrogens with two attached hydrogens (primary N) is 1. The van der Waals surface area contributed by atoms with Gasteiger partial charge in [-0.15, -0.1) is 0 Å². The molecule has 2 N–H and O–H groups in total. The molecule has 1 heterocycles. The number of pyridine rings is 1. The molecule has 1 rings (SSSR count). The maximum atomic E-state index is 10.8. The van der Waals surface area contributed by atoms with Crippen LogP contribution in [-0.2, 0) is 4.74 Å². The van der Waals surface area contributed by atoms with Crippen molar-refractivity contribution in [3.05, 3.63) is 29.6 Å². The molecule has 13 heavy (non-hydrogen) atoms. The number of primary amides is 1. The molecule has 5 heteroatoms. The number of hydrogen-bond donors (Lipinski definition) is 1. The van der Waals surface area contributed by atoms with Crippen molar-refractivity contribution in [2.24, 2.45) is 5.73 Å². The molecule has 0 bridgehead atoms. The summed E-state index contributed by atoms with van der Waals surface area (Å²) >= 11 is 3.25. The molecule has 0 aliphatic carbocycles. The molecule has 0 saturated heterocycles. The molecule has 0 fully saturated rings. The molecule has 0 spiro atoms. The molecule has 0 saturated carbocycles. The van der Waals surface area contributed by atoms with Gasteiger partial charge in [-0.05, 0) is 6.07 Å². The molecule has 1 atom stereocenters. The topological polar surface area (TPSA) is 65.2 Å². The van der Waals surface area contributed by atoms with Crippen LogP contribution in [0.2, 0.25) is 0 Å². The van der Waals surface area contributed by atoms with E-state index < -0.39 is 5.91 Å². The molecule has 4 nitrogen and oxygen atoms in total. The number of rotatable bonds is 3. The zero-order chi connectivity index (χ0) is 9.84. The van der Waals surface area contributed by atoms with Crippen LogP contribution >= 0.6 is 15.9 Å². The molecule has 0 aliphatic heterocycles. The van der Waals surface area contributed by atoms with Gasteiger partial charge in [-0.2, -0.15) is 0 Å². The summed E-state index contributed by atoms with van der Waals surface area (Å²) < 4.78 is 5.00. The third-order valence-corrected chi connectivity index (χ3v) is 2.42. The number of hydrogen-bond acceptors (Lipinski definition) is 3. The first-order chi connectivity index (χ1) is 6.15. The Morgan fingerprint density at radius 1 is 1.69 bits per heavy atom. The Hall–Kier alpha value is -0.940. The van der Waals surface area contributed by atoms with Crippen LogP contribution in [0.4, 0.5) is 0 Å². The van der Waals surface area contributed by atoms with E-state index in [4.69, 9.17) is 10.5 Å². The number of methoxy groups -OCH3 is 1. The highest BCUT2D eigenvalue weighted by atomic mass is 79.9. The molecule has 1 aromatic rings. The van der Waals surface area contributed by atoms with E-state index in [-0.39, 0.29) is 5.01 Å². The lowest BCUT2D eigenvalue weighted by Gasteiger charge is -2.07. The van der Waals surface area contributed by atoms with Crippen molar-refractivity contribution >= 4 is 21.8 Å². The maximum absolute atomic E-state index is 10.8. The van der Waals surface area contributed by atoms with Crippen molar-refractivity contribution in [1.29, 1.82) is 0 Å². The Morgan fingerprint density at radius 2 is 2.38 bits per heavy atom. The summed E-state index contributed by atoms with van der Waals surface area (Å²) in [5.74, 6) is -0.495. The minimum absolute atomic E-state index is 0.265. The van der Waals surface area contributed by atoms with E-state index in [1.54, 1.807) is 19.4 Å². The summed E-state index contributed by atoms with van der Waals surface area (Å²) in [5, 5.41) is -0.265. The highest BCUT2D eigenvalue weighted by Crippen LogP contribution is 2.22. The summed E-state index contributed by atoms with van der Waals surface area (Å²) in [4.78, 5) is 14.7. The number of amides is 1. The van der Waals surface area contributed by atoms with Crippen LogP contribution < -0.4 is 5.73 Å². The van der Waals surface area contributed by atoms with Crippen molar-refractivity contribution in [3.8, 4) is 0 Å². The first kappa shape index (κ1) is 10.1. The van der Waals surface area contributed by atoms with E-state index in [2.05, 4.69) is 20.9 Å². The SMILES string of the molecule is COC(Br)c1cncc(C(N)=O)c1. The predicted octanol–water partition coefficient (Wildman–Crippen LogP) is 1.22. The average molecular weight is 245 g/mol. The fourth-order valence-electron chi connectivity index (χ4n) is 0.853. The maximum Gasteiger partial charge on any atom is 0.250 e. The molecule has 1 unspecified atom stereocenters. The third kappa shape index (κ3) is 2.50. The van der Waals surface area contributed by atoms with Gasteiger partial charge >= 0.3 is 0 Å². The van der Waals surface area contributed by atoms with Crippen molar-refractivity contribution in [1.82, 2.24) is 4.98 Å². The van der Waals surface area contributed by atoms with Gasteiger partial charge < -0.3 is 10.5 Å². The van der Waals surface area contributed by atoms with Crippen LogP contribution in [0.15, 0.2) is 18.5 Å². The first-order valence-electron chi connectivity index (χ1n) is 3.56. The number of carbonyl (C=O) groups is 1. The fraction of sp³-hybridized carbons (Fsp3) is 0.250. The van der Waals surface area contributed by atoms with E-state index in [1.807, 2.05) is 0 Å². The highest BCUT2D eigenvalue weighted by Gasteiger charge is 2.08. The van der Waals surface area contributed by atoms with Crippen LogP contribution in [-0.4, -0.2) is 18.0 Å². The number of nitrogens with zero attached hydrogens (tertiary/aromatic N) is 1. The smallest absolute Gasteiger partial charge is 0.250 e. The monoisotopic (exact) mass is 244 g/mol. The van der Waals surface area contributed by atoms with Crippen LogP contribution in [0.25, 0.3) is 0 Å². The number of aromatic nitrogens is 1. The Balaban J connectivity index is 2.98. The largest absolute Gasteiger partial charge is 0.366 e. The summed E-state index contributed by atoms with van der Waals surface area (Å²) in [6.45, 7) is 0. The van der Waals surface area contributed by atoms with Gasteiger partial charge in [-0.25, -0.2) is 0 Å². The van der Waals surface area contributed by atoms with Crippen LogP contribution in [0.3, 0.4) is 0 Å². The molecule has 0 aliphatic rings. The van der Waals surface area contributed by atoms with Crippen LogP contribution in [0.5, 0.6) is 0 Å². The van der Waals surface area contributed by atoms with Gasteiger partial charge in [0, 0.05) is 25.1 Å². The second kappa shape index (κ2) is 4.34. The lowest BCUT2D eigenvalue weighted by Crippen LogP contribution is -2.11. The van der Waals surface area contributed by atoms with Crippen molar-refractivity contribution < 1.29 is 9.53 Å². The molecular formula is C8H9BrN2O2. The Bertz CT molecular complexity index is 317. The lowest BCUT2D eigenvalue weighted by atomic mass is 10.2. The highest BCUT2D eigenvalue weighted by molar-refractivity contribution is 9.09. The second-order valence-corrected chi connectivity index (χ2v) is 3.25. The standard InChI is InChI=1S/C8H9BrN2O2/c1-13-7(9)5-2-6(8(10)12)4-11-3-5/h2-4,7H,1H3,(H2,10,12). The van der Waals surface area contributed by atoms with Crippen molar-refractivity contribution in [2.75, 3.05) is 7.11 Å². The Labute approximate surface area is 84.2 Å². The minimum atomic E-state index is -0.495. The fourth-order valence-corrected chi connectivity index (χ4v) is 1.10. The summed E-state index contributed by atoms with van der Waals surface area (Å²) in [5.41, 5.74) is 6.23. The van der Waals surface area contributed by atoms with Crippen LogP contribution in [0.1, 0.15) is 20.9 Å². The van der Waals surface area contributed by atoms with Gasteiger partial charge in [0.2, 0.25) is 5.91 Å². The van der Waals surface area contributed by atoms with Crippen molar-refractivity contribution in [2.45, 2.75) is 5.01 Å². The van der Waals surface area contributed by atoms with Gasteiger partial charge in [0.1, 0.15) is 5.01 Å². The average Bonchev–Trinajstić information content (AvgIpc) is 2.17. The number of carbonyl (C=O) groups excluding carboxylic acids is 1. The van der Waals surface area contributed by atoms with Crippen LogP contribution in [0, 0.1) is 0 Å². The lowest BCUT2D eigenvalue weighted by molar-refractivity contribution is 0.0999. The molecule has 1 aromatic heterocycles. The van der Waals surface area contributed by atoms with Crippen molar-refractivity contribution in [3.63, 3.8) is 0 Å². The zero-order valence-corrected chi connectivity index (χ0v) is 8.61. The minimum Gasteiger partial charge on any atom is -0.366 e. The van der Waals surface area contributed by atoms with E-state index in [1.165, 1.54) is 6.20 Å². The van der Waals surface area contributed by atoms with Gasteiger partial charge in [0.05, 0.1) is 5.56 Å². The summed E-state index contributed by atoms with van der Waals surface area (Å²) in [6, 6.07) is 1.64. The summed E-state index contributed by atoms with van der Waals surface area (Å²) in [7, 11) is 1.55. The van der Waals surface area contributed by atoms with E-state index in [9.17, 15) is 4.79 Å². The Morgan fingerprint density at radius 3 is 2.92 bits per heavy atom. The van der Waals surface area contributed by atoms with Gasteiger partial charge in [-0.3, -0.25) is 9.78 Å². The molecule has 1 amide bonds. The van der Waals surface area contributed by atoms with Gasteiger partial charge in [0.15, 0.2) is 0 Å². The molecular weight excluding hydrogens is 236 g/mol. The second-order valence-electron chi connectivity index (χ2n) is 2.42. The van der Waals surface area contributed by atoms with E-state index >= 15 is 0 Å². The quantitative estimate of drug-likeness (QED) is 0.814. The number of ether oxygens (including phenoxy) is 1.